The molecule has 21 heavy (non-hydrogen) atoms. The number of alkyl halides is 3. The first-order valence-corrected chi connectivity index (χ1v) is 6.13. The van der Waals surface area contributed by atoms with Crippen LogP contribution in [-0.4, -0.2) is 12.0 Å². The lowest BCUT2D eigenvalue weighted by Crippen LogP contribution is -2.17. The lowest BCUT2D eigenvalue weighted by atomic mass is 10.1. The minimum Gasteiger partial charge on any atom is -0.370 e. The fourth-order valence-electron chi connectivity index (χ4n) is 1.96. The standard InChI is InChI=1S/C15H12F3N3/c1-21(10-11-4-6-20-7-5-11)13-2-3-14(15(16,17)18)12(8-13)9-19/h2-8H,10H2,1H3. The summed E-state index contributed by atoms with van der Waals surface area (Å²) >= 11 is 0. The molecule has 1 aromatic heterocycles. The minimum atomic E-state index is -4.52. The van der Waals surface area contributed by atoms with Crippen LogP contribution >= 0.6 is 0 Å². The average Bonchev–Trinajstić information content (AvgIpc) is 2.46. The normalized spacial score (nSPS) is 11.0. The molecule has 0 saturated heterocycles. The molecule has 1 aromatic carbocycles. The molecule has 0 aliphatic heterocycles. The van der Waals surface area contributed by atoms with Gasteiger partial charge in [-0.15, -0.1) is 0 Å². The van der Waals surface area contributed by atoms with Gasteiger partial charge in [0, 0.05) is 31.7 Å². The molecule has 0 aliphatic rings. The SMILES string of the molecule is CN(Cc1ccncc1)c1ccc(C(F)(F)F)c(C#N)c1. The van der Waals surface area contributed by atoms with Gasteiger partial charge in [0.2, 0.25) is 0 Å². The van der Waals surface area contributed by atoms with Gasteiger partial charge in [0.05, 0.1) is 17.2 Å². The Kier molecular flexibility index (Phi) is 4.13. The highest BCUT2D eigenvalue weighted by atomic mass is 19.4. The Morgan fingerprint density at radius 1 is 1.19 bits per heavy atom. The number of aromatic nitrogens is 1. The number of benzene rings is 1. The largest absolute Gasteiger partial charge is 0.417 e. The molecule has 3 nitrogen and oxygen atoms in total. The Morgan fingerprint density at radius 2 is 1.86 bits per heavy atom. The summed E-state index contributed by atoms with van der Waals surface area (Å²) in [6.07, 6.45) is -1.22. The summed E-state index contributed by atoms with van der Waals surface area (Å²) in [5.74, 6) is 0. The molecule has 2 aromatic rings. The van der Waals surface area contributed by atoms with Crippen molar-refractivity contribution in [3.8, 4) is 6.07 Å². The Hall–Kier alpha value is -2.55. The number of nitriles is 1. The molecule has 0 aliphatic carbocycles. The van der Waals surface area contributed by atoms with Crippen molar-refractivity contribution >= 4 is 5.69 Å². The highest BCUT2D eigenvalue weighted by Gasteiger charge is 2.33. The van der Waals surface area contributed by atoms with E-state index in [0.717, 1.165) is 11.6 Å². The molecule has 0 spiro atoms. The van der Waals surface area contributed by atoms with Gasteiger partial charge in [-0.1, -0.05) is 0 Å². The number of pyridine rings is 1. The minimum absolute atomic E-state index is 0.374. The van der Waals surface area contributed by atoms with E-state index in [1.54, 1.807) is 30.4 Å². The number of hydrogen-bond acceptors (Lipinski definition) is 3. The van der Waals surface area contributed by atoms with Crippen molar-refractivity contribution < 1.29 is 13.2 Å². The topological polar surface area (TPSA) is 39.9 Å². The fourth-order valence-corrected chi connectivity index (χ4v) is 1.96. The van der Waals surface area contributed by atoms with Crippen molar-refractivity contribution in [3.05, 3.63) is 59.4 Å². The van der Waals surface area contributed by atoms with Crippen LogP contribution in [-0.2, 0) is 12.7 Å². The zero-order chi connectivity index (χ0) is 15.5. The van der Waals surface area contributed by atoms with E-state index in [2.05, 4.69) is 4.98 Å². The van der Waals surface area contributed by atoms with E-state index in [4.69, 9.17) is 5.26 Å². The van der Waals surface area contributed by atoms with Gasteiger partial charge < -0.3 is 4.90 Å². The fraction of sp³-hybridized carbons (Fsp3) is 0.200. The highest BCUT2D eigenvalue weighted by molar-refractivity contribution is 5.55. The van der Waals surface area contributed by atoms with Crippen molar-refractivity contribution in [1.82, 2.24) is 4.98 Å². The lowest BCUT2D eigenvalue weighted by molar-refractivity contribution is -0.137. The maximum Gasteiger partial charge on any atom is 0.417 e. The van der Waals surface area contributed by atoms with Gasteiger partial charge in [0.1, 0.15) is 0 Å². The number of hydrogen-bond donors (Lipinski definition) is 0. The molecule has 0 amide bonds. The van der Waals surface area contributed by atoms with Gasteiger partial charge in [-0.25, -0.2) is 0 Å². The first kappa shape index (κ1) is 14.9. The summed E-state index contributed by atoms with van der Waals surface area (Å²) in [7, 11) is 1.75. The average molecular weight is 291 g/mol. The van der Waals surface area contributed by atoms with Crippen molar-refractivity contribution in [2.24, 2.45) is 0 Å². The molecule has 0 fully saturated rings. The third kappa shape index (κ3) is 3.51. The van der Waals surface area contributed by atoms with Crippen molar-refractivity contribution in [2.45, 2.75) is 12.7 Å². The molecule has 2 rings (SSSR count). The van der Waals surface area contributed by atoms with Crippen LogP contribution in [0.1, 0.15) is 16.7 Å². The van der Waals surface area contributed by atoms with Crippen LogP contribution in [0.3, 0.4) is 0 Å². The van der Waals surface area contributed by atoms with Gasteiger partial charge >= 0.3 is 6.18 Å². The first-order valence-electron chi connectivity index (χ1n) is 6.13. The Labute approximate surface area is 120 Å². The van der Waals surface area contributed by atoms with Crippen LogP contribution in [0.5, 0.6) is 0 Å². The molecule has 0 saturated carbocycles. The summed E-state index contributed by atoms with van der Waals surface area (Å²) in [5, 5.41) is 8.90. The zero-order valence-electron chi connectivity index (χ0n) is 11.2. The molecule has 108 valence electrons. The van der Waals surface area contributed by atoms with Crippen LogP contribution in [0.2, 0.25) is 0 Å². The van der Waals surface area contributed by atoms with Gasteiger partial charge in [0.25, 0.3) is 0 Å². The molecule has 0 bridgehead atoms. The van der Waals surface area contributed by atoms with Crippen LogP contribution in [0, 0.1) is 11.3 Å². The zero-order valence-corrected chi connectivity index (χ0v) is 11.2. The van der Waals surface area contributed by atoms with Crippen molar-refractivity contribution in [3.63, 3.8) is 0 Å². The molecule has 0 N–H and O–H groups in total. The third-order valence-electron chi connectivity index (χ3n) is 3.04. The number of nitrogens with zero attached hydrogens (tertiary/aromatic N) is 3. The van der Waals surface area contributed by atoms with E-state index in [1.807, 2.05) is 12.1 Å². The molecular weight excluding hydrogens is 279 g/mol. The van der Waals surface area contributed by atoms with E-state index >= 15 is 0 Å². The van der Waals surface area contributed by atoms with E-state index in [-0.39, 0.29) is 5.56 Å². The number of anilines is 1. The second kappa shape index (κ2) is 5.83. The molecule has 0 unspecified atom stereocenters. The summed E-state index contributed by atoms with van der Waals surface area (Å²) in [5.41, 5.74) is 0.245. The van der Waals surface area contributed by atoms with Crippen LogP contribution < -0.4 is 4.90 Å². The maximum absolute atomic E-state index is 12.7. The van der Waals surface area contributed by atoms with Crippen LogP contribution in [0.25, 0.3) is 0 Å². The van der Waals surface area contributed by atoms with E-state index in [0.29, 0.717) is 12.2 Å². The van der Waals surface area contributed by atoms with E-state index < -0.39 is 11.7 Å². The summed E-state index contributed by atoms with van der Waals surface area (Å²) < 4.78 is 38.2. The molecule has 1 heterocycles. The Balaban J connectivity index is 2.27. The second-order valence-electron chi connectivity index (χ2n) is 4.55. The first-order chi connectivity index (χ1) is 9.91. The predicted molar refractivity (Wildman–Crippen MR) is 72.5 cm³/mol. The van der Waals surface area contributed by atoms with Gasteiger partial charge in [-0.3, -0.25) is 4.98 Å². The Bertz CT molecular complexity index is 660. The smallest absolute Gasteiger partial charge is 0.370 e. The maximum atomic E-state index is 12.7. The predicted octanol–water partition coefficient (Wildman–Crippen LogP) is 3.61. The monoisotopic (exact) mass is 291 g/mol. The summed E-state index contributed by atoms with van der Waals surface area (Å²) in [4.78, 5) is 5.68. The quantitative estimate of drug-likeness (QED) is 0.867. The van der Waals surface area contributed by atoms with E-state index in [9.17, 15) is 13.2 Å². The number of rotatable bonds is 3. The third-order valence-corrected chi connectivity index (χ3v) is 3.04. The van der Waals surface area contributed by atoms with Crippen molar-refractivity contribution in [2.75, 3.05) is 11.9 Å². The molecule has 0 radical (unpaired) electrons. The molecule has 6 heteroatoms. The Morgan fingerprint density at radius 3 is 2.43 bits per heavy atom. The molecular formula is C15H12F3N3. The van der Waals surface area contributed by atoms with Crippen LogP contribution in [0.15, 0.2) is 42.7 Å². The summed E-state index contributed by atoms with van der Waals surface area (Å²) in [6.45, 7) is 0.513. The van der Waals surface area contributed by atoms with E-state index in [1.165, 1.54) is 12.1 Å². The number of halogens is 3. The summed E-state index contributed by atoms with van der Waals surface area (Å²) in [6, 6.07) is 8.82. The molecule has 0 atom stereocenters. The van der Waals surface area contributed by atoms with Crippen LogP contribution in [0.4, 0.5) is 18.9 Å². The van der Waals surface area contributed by atoms with Gasteiger partial charge in [0.15, 0.2) is 0 Å². The second-order valence-corrected chi connectivity index (χ2v) is 4.55. The van der Waals surface area contributed by atoms with Crippen molar-refractivity contribution in [1.29, 1.82) is 5.26 Å². The lowest BCUT2D eigenvalue weighted by Gasteiger charge is -2.20. The highest BCUT2D eigenvalue weighted by Crippen LogP contribution is 2.33. The van der Waals surface area contributed by atoms with Gasteiger partial charge in [-0.05, 0) is 35.9 Å². The van der Waals surface area contributed by atoms with Gasteiger partial charge in [-0.2, -0.15) is 18.4 Å².